The molecule has 5 aliphatic rings. The number of fused-ring (bicyclic) bond motifs is 4. The summed E-state index contributed by atoms with van der Waals surface area (Å²) >= 11 is -0.826. The number of hydrogen-bond donors (Lipinski definition) is 0. The second-order valence-electron chi connectivity index (χ2n) is 13.2. The van der Waals surface area contributed by atoms with E-state index in [0.29, 0.717) is 0 Å². The standard InChI is InChI=1S/C28H50Si.2CH3.2ClH.Zr/c1-5-19(2)26-18-28(24-13-9-8-12-22(24)26)29(3,4)27-17-16-23-21-11-7-6-10-20(21)14-15-25(23)27;;;;;/h19-28H,5-18H2,1-4H3;2*1H3;2*1H;/q;2*-1;;;+4/p-2. The molecule has 0 saturated heterocycles. The Hall–Kier alpha value is 1.68. The quantitative estimate of drug-likeness (QED) is 0.221. The molecule has 4 heteroatoms. The second kappa shape index (κ2) is 14.2. The third kappa shape index (κ3) is 6.28. The second-order valence-corrected chi connectivity index (χ2v) is 22.1. The normalized spacial score (nSPS) is 41.8. The molecule has 198 valence electrons. The summed E-state index contributed by atoms with van der Waals surface area (Å²) < 4.78 is 0. The summed E-state index contributed by atoms with van der Waals surface area (Å²) in [7, 11) is 8.66. The third-order valence-corrected chi connectivity index (χ3v) is 17.2. The Morgan fingerprint density at radius 1 is 0.706 bits per heavy atom. The van der Waals surface area contributed by atoms with E-state index >= 15 is 0 Å². The predicted molar refractivity (Wildman–Crippen MR) is 153 cm³/mol. The molecule has 0 aromatic heterocycles. The van der Waals surface area contributed by atoms with Gasteiger partial charge in [0.25, 0.3) is 0 Å². The molecule has 0 aromatic carbocycles. The van der Waals surface area contributed by atoms with Gasteiger partial charge in [-0.05, 0) is 97.0 Å². The van der Waals surface area contributed by atoms with Crippen LogP contribution in [0, 0.1) is 62.2 Å². The van der Waals surface area contributed by atoms with E-state index in [4.69, 9.17) is 17.0 Å². The van der Waals surface area contributed by atoms with Crippen molar-refractivity contribution in [3.8, 4) is 0 Å². The molecule has 0 radical (unpaired) electrons. The van der Waals surface area contributed by atoms with Gasteiger partial charge in [0.2, 0.25) is 0 Å². The number of hydrogen-bond acceptors (Lipinski definition) is 0. The molecule has 0 amide bonds. The molecular formula is C30H56Cl2SiZr. The zero-order valence-corrected chi connectivity index (χ0v) is 28.4. The summed E-state index contributed by atoms with van der Waals surface area (Å²) in [6, 6.07) is 0. The Morgan fingerprint density at radius 3 is 1.88 bits per heavy atom. The van der Waals surface area contributed by atoms with Crippen molar-refractivity contribution in [2.45, 2.75) is 128 Å². The van der Waals surface area contributed by atoms with Crippen molar-refractivity contribution in [3.05, 3.63) is 14.9 Å². The Balaban J connectivity index is 0.000000778. The first kappa shape index (κ1) is 31.9. The van der Waals surface area contributed by atoms with E-state index in [0.717, 1.165) is 47.3 Å². The van der Waals surface area contributed by atoms with Gasteiger partial charge in [0.05, 0.1) is 8.07 Å². The Labute approximate surface area is 234 Å². The number of rotatable bonds is 4. The molecule has 5 aliphatic carbocycles. The summed E-state index contributed by atoms with van der Waals surface area (Å²) in [6.45, 7) is 10.9. The van der Waals surface area contributed by atoms with E-state index < -0.39 is 28.9 Å². The van der Waals surface area contributed by atoms with Crippen LogP contribution in [0.1, 0.15) is 104 Å². The summed E-state index contributed by atoms with van der Waals surface area (Å²) in [4.78, 5) is 0. The summed E-state index contributed by atoms with van der Waals surface area (Å²) in [5.41, 5.74) is 2.35. The summed E-state index contributed by atoms with van der Waals surface area (Å²) in [5.74, 6) is 8.89. The molecule has 34 heavy (non-hydrogen) atoms. The number of halogens is 2. The van der Waals surface area contributed by atoms with Crippen LogP contribution >= 0.6 is 17.0 Å². The van der Waals surface area contributed by atoms with Crippen LogP contribution in [-0.4, -0.2) is 8.07 Å². The van der Waals surface area contributed by atoms with Gasteiger partial charge >= 0.3 is 37.9 Å². The van der Waals surface area contributed by atoms with Gasteiger partial charge in [-0.1, -0.05) is 78.3 Å². The maximum absolute atomic E-state index is 4.93. The monoisotopic (exact) mass is 604 g/mol. The Bertz CT molecular complexity index is 598. The first-order chi connectivity index (χ1) is 15.4. The van der Waals surface area contributed by atoms with Crippen molar-refractivity contribution in [3.63, 3.8) is 0 Å². The van der Waals surface area contributed by atoms with E-state index in [9.17, 15) is 0 Å². The van der Waals surface area contributed by atoms with Crippen molar-refractivity contribution in [2.24, 2.45) is 47.3 Å². The Kier molecular flexibility index (Phi) is 13.3. The van der Waals surface area contributed by atoms with Crippen molar-refractivity contribution >= 4 is 25.1 Å². The van der Waals surface area contributed by atoms with Gasteiger partial charge < -0.3 is 14.9 Å². The van der Waals surface area contributed by atoms with Crippen LogP contribution in [0.3, 0.4) is 0 Å². The van der Waals surface area contributed by atoms with Crippen molar-refractivity contribution in [2.75, 3.05) is 0 Å². The molecule has 5 saturated carbocycles. The fraction of sp³-hybridized carbons (Fsp3) is 0.933. The molecule has 0 aromatic rings. The van der Waals surface area contributed by atoms with Gasteiger partial charge in [-0.15, -0.1) is 0 Å². The van der Waals surface area contributed by atoms with Crippen molar-refractivity contribution in [1.82, 2.24) is 0 Å². The van der Waals surface area contributed by atoms with E-state index in [1.807, 2.05) is 0 Å². The minimum atomic E-state index is -1.21. The van der Waals surface area contributed by atoms with E-state index in [2.05, 4.69) is 26.9 Å². The van der Waals surface area contributed by atoms with Crippen molar-refractivity contribution in [1.29, 1.82) is 0 Å². The third-order valence-electron chi connectivity index (χ3n) is 12.0. The predicted octanol–water partition coefficient (Wildman–Crippen LogP) is 11.2. The van der Waals surface area contributed by atoms with Crippen LogP contribution < -0.4 is 0 Å². The molecule has 0 heterocycles. The van der Waals surface area contributed by atoms with Crippen molar-refractivity contribution < 1.29 is 20.8 Å². The molecule has 0 aliphatic heterocycles. The maximum atomic E-state index is 4.93. The first-order valence-corrected chi connectivity index (χ1v) is 23.9. The molecular weight excluding hydrogens is 551 g/mol. The average Bonchev–Trinajstić information content (AvgIpc) is 3.42. The van der Waals surface area contributed by atoms with Gasteiger partial charge in [-0.2, -0.15) is 0 Å². The zero-order valence-electron chi connectivity index (χ0n) is 23.4. The van der Waals surface area contributed by atoms with Gasteiger partial charge in [-0.3, -0.25) is 0 Å². The van der Waals surface area contributed by atoms with Gasteiger partial charge in [0.1, 0.15) is 0 Å². The van der Waals surface area contributed by atoms with E-state index in [-0.39, 0.29) is 14.9 Å². The van der Waals surface area contributed by atoms with Crippen LogP contribution in [0.4, 0.5) is 0 Å². The van der Waals surface area contributed by atoms with Crippen LogP contribution in [0.15, 0.2) is 0 Å². The zero-order chi connectivity index (χ0) is 22.9. The van der Waals surface area contributed by atoms with E-state index in [1.165, 1.54) is 17.5 Å². The van der Waals surface area contributed by atoms with Gasteiger partial charge in [0, 0.05) is 0 Å². The molecule has 0 bridgehead atoms. The average molecular weight is 607 g/mol. The van der Waals surface area contributed by atoms with Crippen LogP contribution in [-0.2, 0) is 20.8 Å². The SMILES string of the molecule is CCC(C)C1CC([Si](C)(C)C2CCC3C4CCCCC4CCC32)C2CCCCC12.[CH3-].[CH3-].[Cl][Zr+2][Cl]. The molecule has 10 atom stereocenters. The summed E-state index contributed by atoms with van der Waals surface area (Å²) in [6.07, 6.45) is 22.1. The van der Waals surface area contributed by atoms with E-state index in [1.54, 1.807) is 83.5 Å². The summed E-state index contributed by atoms with van der Waals surface area (Å²) in [5, 5.41) is 0. The van der Waals surface area contributed by atoms with Crippen LogP contribution in [0.2, 0.25) is 24.2 Å². The van der Waals surface area contributed by atoms with Gasteiger partial charge in [0.15, 0.2) is 0 Å². The van der Waals surface area contributed by atoms with Crippen LogP contribution in [0.25, 0.3) is 0 Å². The fourth-order valence-electron chi connectivity index (χ4n) is 10.5. The molecule has 0 N–H and O–H groups in total. The molecule has 0 nitrogen and oxygen atoms in total. The van der Waals surface area contributed by atoms with Gasteiger partial charge in [-0.25, -0.2) is 0 Å². The molecule has 0 spiro atoms. The molecule has 5 fully saturated rings. The first-order valence-electron chi connectivity index (χ1n) is 14.4. The fourth-order valence-corrected chi connectivity index (χ4v) is 15.9. The Morgan fingerprint density at radius 2 is 1.24 bits per heavy atom. The molecule has 10 unspecified atom stereocenters. The van der Waals surface area contributed by atoms with Crippen LogP contribution in [0.5, 0.6) is 0 Å². The topological polar surface area (TPSA) is 0 Å². The molecule has 5 rings (SSSR count). The minimum absolute atomic E-state index is 0.